The van der Waals surface area contributed by atoms with Crippen molar-refractivity contribution in [2.24, 2.45) is 0 Å². The zero-order chi connectivity index (χ0) is 14.8. The van der Waals surface area contributed by atoms with Crippen molar-refractivity contribution < 1.29 is 4.74 Å². The van der Waals surface area contributed by atoms with Crippen molar-refractivity contribution in [2.45, 2.75) is 18.8 Å². The van der Waals surface area contributed by atoms with Crippen LogP contribution in [-0.4, -0.2) is 24.1 Å². The largest absolute Gasteiger partial charge is 0.495 e. The van der Waals surface area contributed by atoms with Gasteiger partial charge in [0, 0.05) is 30.8 Å². The minimum absolute atomic E-state index is 0.499. The molecule has 21 heavy (non-hydrogen) atoms. The van der Waals surface area contributed by atoms with Crippen LogP contribution in [0.2, 0.25) is 5.02 Å². The topological polar surface area (TPSA) is 59.1 Å². The van der Waals surface area contributed by atoms with E-state index in [0.717, 1.165) is 23.1 Å². The highest BCUT2D eigenvalue weighted by Crippen LogP contribution is 2.39. The molecule has 2 N–H and O–H groups in total. The molecule has 0 saturated heterocycles. The van der Waals surface area contributed by atoms with E-state index < -0.39 is 0 Å². The highest BCUT2D eigenvalue weighted by Gasteiger charge is 2.27. The maximum absolute atomic E-state index is 6.03. The number of benzene rings is 1. The van der Waals surface area contributed by atoms with Crippen molar-refractivity contribution in [3.05, 3.63) is 35.1 Å². The number of anilines is 3. The molecule has 0 radical (unpaired) electrons. The van der Waals surface area contributed by atoms with Gasteiger partial charge < -0.3 is 15.4 Å². The van der Waals surface area contributed by atoms with E-state index in [0.29, 0.717) is 16.7 Å². The smallest absolute Gasteiger partial charge is 0.139 e. The monoisotopic (exact) mass is 304 g/mol. The molecular formula is C15H17ClN4O. The van der Waals surface area contributed by atoms with E-state index in [1.54, 1.807) is 13.2 Å². The van der Waals surface area contributed by atoms with Gasteiger partial charge >= 0.3 is 0 Å². The second-order valence-corrected chi connectivity index (χ2v) is 5.40. The van der Waals surface area contributed by atoms with Crippen LogP contribution in [0.3, 0.4) is 0 Å². The molecule has 0 aliphatic heterocycles. The Morgan fingerprint density at radius 2 is 1.95 bits per heavy atom. The first-order valence-electron chi connectivity index (χ1n) is 6.87. The van der Waals surface area contributed by atoms with E-state index in [2.05, 4.69) is 20.6 Å². The van der Waals surface area contributed by atoms with Crippen molar-refractivity contribution in [2.75, 3.05) is 24.8 Å². The first kappa shape index (κ1) is 13.9. The maximum atomic E-state index is 6.03. The van der Waals surface area contributed by atoms with Gasteiger partial charge in [0.1, 0.15) is 23.2 Å². The summed E-state index contributed by atoms with van der Waals surface area (Å²) in [5, 5.41) is 6.93. The van der Waals surface area contributed by atoms with E-state index in [-0.39, 0.29) is 0 Å². The number of nitrogens with one attached hydrogen (secondary N) is 2. The van der Waals surface area contributed by atoms with Crippen molar-refractivity contribution in [3.8, 4) is 5.75 Å². The Labute approximate surface area is 128 Å². The average Bonchev–Trinajstić information content (AvgIpc) is 3.33. The lowest BCUT2D eigenvalue weighted by Crippen LogP contribution is -2.03. The number of methoxy groups -OCH3 is 1. The standard InChI is InChI=1S/C15H17ClN4O/c1-17-13-8-14(20-15(19-13)9-3-4-9)18-10-5-6-11(16)12(7-10)21-2/h5-9H,3-4H2,1-2H3,(H2,17,18,19,20). The second kappa shape index (κ2) is 5.77. The fourth-order valence-corrected chi connectivity index (χ4v) is 2.26. The summed E-state index contributed by atoms with van der Waals surface area (Å²) in [5.41, 5.74) is 0.874. The molecule has 1 heterocycles. The zero-order valence-electron chi connectivity index (χ0n) is 12.0. The van der Waals surface area contributed by atoms with Crippen molar-refractivity contribution >= 4 is 28.9 Å². The molecule has 2 aromatic rings. The molecule has 0 bridgehead atoms. The quantitative estimate of drug-likeness (QED) is 0.880. The molecule has 1 fully saturated rings. The summed E-state index contributed by atoms with van der Waals surface area (Å²) in [6.45, 7) is 0. The van der Waals surface area contributed by atoms with E-state index in [1.165, 1.54) is 12.8 Å². The lowest BCUT2D eigenvalue weighted by Gasteiger charge is -2.11. The van der Waals surface area contributed by atoms with Gasteiger partial charge in [-0.1, -0.05) is 11.6 Å². The van der Waals surface area contributed by atoms with Crippen LogP contribution in [-0.2, 0) is 0 Å². The van der Waals surface area contributed by atoms with Crippen molar-refractivity contribution in [1.29, 1.82) is 0 Å². The molecule has 5 nitrogen and oxygen atoms in total. The highest BCUT2D eigenvalue weighted by molar-refractivity contribution is 6.32. The highest BCUT2D eigenvalue weighted by atomic mass is 35.5. The lowest BCUT2D eigenvalue weighted by molar-refractivity contribution is 0.415. The number of hydrogen-bond donors (Lipinski definition) is 2. The summed E-state index contributed by atoms with van der Waals surface area (Å²) >= 11 is 6.03. The summed E-state index contributed by atoms with van der Waals surface area (Å²) in [5.74, 6) is 3.60. The fourth-order valence-electron chi connectivity index (χ4n) is 2.07. The van der Waals surface area contributed by atoms with Gasteiger partial charge in [0.25, 0.3) is 0 Å². The molecule has 1 saturated carbocycles. The lowest BCUT2D eigenvalue weighted by atomic mass is 10.3. The van der Waals surface area contributed by atoms with Crippen LogP contribution in [0, 0.1) is 0 Å². The SMILES string of the molecule is CNc1cc(Nc2ccc(Cl)c(OC)c2)nc(C2CC2)n1. The first-order valence-corrected chi connectivity index (χ1v) is 7.24. The second-order valence-electron chi connectivity index (χ2n) is 5.00. The molecule has 6 heteroatoms. The molecule has 1 aromatic carbocycles. The van der Waals surface area contributed by atoms with E-state index in [1.807, 2.05) is 25.2 Å². The molecule has 0 atom stereocenters. The Morgan fingerprint density at radius 1 is 1.19 bits per heavy atom. The normalized spacial score (nSPS) is 13.9. The van der Waals surface area contributed by atoms with E-state index in [9.17, 15) is 0 Å². The Hall–Kier alpha value is -2.01. The number of aromatic nitrogens is 2. The van der Waals surface area contributed by atoms with Gasteiger partial charge in [0.15, 0.2) is 0 Å². The molecule has 0 amide bonds. The Balaban J connectivity index is 1.88. The van der Waals surface area contributed by atoms with E-state index >= 15 is 0 Å². The van der Waals surface area contributed by atoms with Crippen molar-refractivity contribution in [3.63, 3.8) is 0 Å². The molecule has 0 spiro atoms. The predicted octanol–water partition coefficient (Wildman–Crippen LogP) is 3.80. The molecule has 3 rings (SSSR count). The number of ether oxygens (including phenoxy) is 1. The van der Waals surface area contributed by atoms with Gasteiger partial charge in [-0.25, -0.2) is 9.97 Å². The third kappa shape index (κ3) is 3.19. The minimum Gasteiger partial charge on any atom is -0.495 e. The van der Waals surface area contributed by atoms with Gasteiger partial charge in [-0.3, -0.25) is 0 Å². The summed E-state index contributed by atoms with van der Waals surface area (Å²) in [6, 6.07) is 7.42. The Kier molecular flexibility index (Phi) is 3.84. The molecule has 0 unspecified atom stereocenters. The number of rotatable bonds is 5. The molecular weight excluding hydrogens is 288 g/mol. The van der Waals surface area contributed by atoms with Crippen LogP contribution in [0.4, 0.5) is 17.3 Å². The molecule has 1 aromatic heterocycles. The summed E-state index contributed by atoms with van der Waals surface area (Å²) in [4.78, 5) is 9.08. The Bertz CT molecular complexity index is 658. The summed E-state index contributed by atoms with van der Waals surface area (Å²) < 4.78 is 5.22. The van der Waals surface area contributed by atoms with Gasteiger partial charge in [-0.2, -0.15) is 0 Å². The zero-order valence-corrected chi connectivity index (χ0v) is 12.7. The average molecular weight is 305 g/mol. The summed E-state index contributed by atoms with van der Waals surface area (Å²) in [6.07, 6.45) is 2.34. The van der Waals surface area contributed by atoms with Gasteiger partial charge in [0.2, 0.25) is 0 Å². The predicted molar refractivity (Wildman–Crippen MR) is 84.8 cm³/mol. The van der Waals surface area contributed by atoms with Crippen LogP contribution >= 0.6 is 11.6 Å². The van der Waals surface area contributed by atoms with Gasteiger partial charge in [0.05, 0.1) is 12.1 Å². The third-order valence-corrected chi connectivity index (χ3v) is 3.68. The van der Waals surface area contributed by atoms with Crippen LogP contribution < -0.4 is 15.4 Å². The third-order valence-electron chi connectivity index (χ3n) is 3.37. The molecule has 110 valence electrons. The summed E-state index contributed by atoms with van der Waals surface area (Å²) in [7, 11) is 3.45. The van der Waals surface area contributed by atoms with Crippen LogP contribution in [0.5, 0.6) is 5.75 Å². The maximum Gasteiger partial charge on any atom is 0.139 e. The van der Waals surface area contributed by atoms with Crippen LogP contribution in [0.1, 0.15) is 24.6 Å². The fraction of sp³-hybridized carbons (Fsp3) is 0.333. The number of halogens is 1. The number of nitrogens with zero attached hydrogens (tertiary/aromatic N) is 2. The van der Waals surface area contributed by atoms with Crippen LogP contribution in [0.15, 0.2) is 24.3 Å². The van der Waals surface area contributed by atoms with Crippen molar-refractivity contribution in [1.82, 2.24) is 9.97 Å². The molecule has 1 aliphatic rings. The molecule has 1 aliphatic carbocycles. The van der Waals surface area contributed by atoms with Gasteiger partial charge in [-0.05, 0) is 25.0 Å². The van der Waals surface area contributed by atoms with Gasteiger partial charge in [-0.15, -0.1) is 0 Å². The first-order chi connectivity index (χ1) is 10.2. The minimum atomic E-state index is 0.499. The Morgan fingerprint density at radius 3 is 2.62 bits per heavy atom. The van der Waals surface area contributed by atoms with E-state index in [4.69, 9.17) is 16.3 Å². The van der Waals surface area contributed by atoms with Crippen LogP contribution in [0.25, 0.3) is 0 Å². The number of hydrogen-bond acceptors (Lipinski definition) is 5.